The van der Waals surface area contributed by atoms with Crippen molar-refractivity contribution in [2.45, 2.75) is 52.0 Å². The topological polar surface area (TPSA) is 88.3 Å². The maximum absolute atomic E-state index is 13.1. The number of rotatable bonds is 4. The summed E-state index contributed by atoms with van der Waals surface area (Å²) in [6.07, 6.45) is 1.59. The number of likely N-dealkylation sites (tertiary alicyclic amines) is 1. The minimum absolute atomic E-state index is 0.0625. The van der Waals surface area contributed by atoms with Gasteiger partial charge in [0.05, 0.1) is 10.7 Å². The number of aryl methyl sites for hydroxylation is 2. The number of amides is 1. The summed E-state index contributed by atoms with van der Waals surface area (Å²) in [4.78, 5) is 30.2. The van der Waals surface area contributed by atoms with E-state index in [1.54, 1.807) is 10.1 Å². The van der Waals surface area contributed by atoms with Crippen molar-refractivity contribution in [1.29, 1.82) is 0 Å². The van der Waals surface area contributed by atoms with Crippen LogP contribution in [0.15, 0.2) is 11.4 Å². The minimum atomic E-state index is -0.994. The molecule has 0 spiro atoms. The summed E-state index contributed by atoms with van der Waals surface area (Å²) in [5, 5.41) is 15.9. The van der Waals surface area contributed by atoms with Crippen molar-refractivity contribution in [1.82, 2.24) is 19.7 Å². The number of hydrogen-bond donors (Lipinski definition) is 1. The van der Waals surface area contributed by atoms with Gasteiger partial charge in [0, 0.05) is 30.1 Å². The van der Waals surface area contributed by atoms with E-state index in [0.717, 1.165) is 29.2 Å². The monoisotopic (exact) mass is 376 g/mol. The molecule has 140 valence electrons. The molecule has 0 unspecified atom stereocenters. The van der Waals surface area contributed by atoms with Crippen molar-refractivity contribution in [3.05, 3.63) is 33.5 Å². The molecule has 0 radical (unpaired) electrons. The molecule has 0 saturated carbocycles. The minimum Gasteiger partial charge on any atom is -0.476 e. The molecule has 7 nitrogen and oxygen atoms in total. The standard InChI is InChI=1S/C18H24N4O3S/c1-11-9-12(2)22(20-11)18(3,4)17(25)21-7-5-13(6-8-21)15-19-14(10-26-15)16(23)24/h9-10,13H,5-8H2,1-4H3,(H,23,24). The summed E-state index contributed by atoms with van der Waals surface area (Å²) >= 11 is 1.39. The van der Waals surface area contributed by atoms with Gasteiger partial charge in [-0.1, -0.05) is 0 Å². The smallest absolute Gasteiger partial charge is 0.355 e. The predicted molar refractivity (Wildman–Crippen MR) is 98.7 cm³/mol. The summed E-state index contributed by atoms with van der Waals surface area (Å²) in [5.41, 5.74) is 1.25. The van der Waals surface area contributed by atoms with Gasteiger partial charge in [0.2, 0.25) is 5.91 Å². The van der Waals surface area contributed by atoms with Gasteiger partial charge < -0.3 is 10.0 Å². The van der Waals surface area contributed by atoms with Gasteiger partial charge in [0.1, 0.15) is 5.54 Å². The van der Waals surface area contributed by atoms with Gasteiger partial charge in [0.25, 0.3) is 0 Å². The lowest BCUT2D eigenvalue weighted by atomic mass is 9.95. The highest BCUT2D eigenvalue weighted by Gasteiger charge is 2.37. The number of nitrogens with zero attached hydrogens (tertiary/aromatic N) is 4. The van der Waals surface area contributed by atoms with E-state index < -0.39 is 11.5 Å². The molecule has 1 amide bonds. The Bertz CT molecular complexity index is 831. The van der Waals surface area contributed by atoms with Crippen molar-refractivity contribution >= 4 is 23.2 Å². The second-order valence-electron chi connectivity index (χ2n) is 7.34. The number of carbonyl (C=O) groups is 2. The Balaban J connectivity index is 1.68. The van der Waals surface area contributed by atoms with E-state index in [0.29, 0.717) is 13.1 Å². The number of carboxylic acid groups (broad SMARTS) is 1. The summed E-state index contributed by atoms with van der Waals surface area (Å²) in [6.45, 7) is 8.99. The Morgan fingerprint density at radius 2 is 1.92 bits per heavy atom. The number of aromatic nitrogens is 3. The predicted octanol–water partition coefficient (Wildman–Crippen LogP) is 2.80. The lowest BCUT2D eigenvalue weighted by Gasteiger charge is -2.37. The van der Waals surface area contributed by atoms with E-state index in [1.807, 2.05) is 38.7 Å². The fourth-order valence-corrected chi connectivity index (χ4v) is 4.54. The molecule has 3 rings (SSSR count). The van der Waals surface area contributed by atoms with Crippen LogP contribution in [0, 0.1) is 13.8 Å². The first kappa shape index (κ1) is 18.6. The zero-order valence-electron chi connectivity index (χ0n) is 15.5. The van der Waals surface area contributed by atoms with Crippen molar-refractivity contribution in [2.24, 2.45) is 0 Å². The Kier molecular flexibility index (Phi) is 4.88. The third-order valence-corrected chi connectivity index (χ3v) is 5.94. The number of piperidine rings is 1. The Labute approximate surface area is 156 Å². The molecule has 1 aliphatic rings. The van der Waals surface area contributed by atoms with Crippen LogP contribution in [0.3, 0.4) is 0 Å². The highest BCUT2D eigenvalue weighted by atomic mass is 32.1. The van der Waals surface area contributed by atoms with E-state index in [1.165, 1.54) is 11.3 Å². The zero-order valence-corrected chi connectivity index (χ0v) is 16.3. The van der Waals surface area contributed by atoms with Gasteiger partial charge in [0.15, 0.2) is 5.69 Å². The molecule has 3 heterocycles. The van der Waals surface area contributed by atoms with Gasteiger partial charge in [-0.3, -0.25) is 9.48 Å². The van der Waals surface area contributed by atoms with Crippen LogP contribution in [-0.2, 0) is 10.3 Å². The van der Waals surface area contributed by atoms with Crippen molar-refractivity contribution in [2.75, 3.05) is 13.1 Å². The lowest BCUT2D eigenvalue weighted by Crippen LogP contribution is -2.50. The van der Waals surface area contributed by atoms with Gasteiger partial charge in [-0.2, -0.15) is 5.10 Å². The maximum Gasteiger partial charge on any atom is 0.355 e. The molecule has 8 heteroatoms. The Hall–Kier alpha value is -2.22. The molecular formula is C18H24N4O3S. The average Bonchev–Trinajstić information content (AvgIpc) is 3.21. The van der Waals surface area contributed by atoms with Crippen molar-refractivity contribution in [3.8, 4) is 0 Å². The molecule has 2 aromatic rings. The number of thiazole rings is 1. The normalized spacial score (nSPS) is 16.1. The largest absolute Gasteiger partial charge is 0.476 e. The highest BCUT2D eigenvalue weighted by molar-refractivity contribution is 7.09. The van der Waals surface area contributed by atoms with E-state index in [4.69, 9.17) is 5.11 Å². The first-order valence-corrected chi connectivity index (χ1v) is 9.60. The molecule has 0 aliphatic carbocycles. The van der Waals surface area contributed by atoms with Gasteiger partial charge in [-0.05, 0) is 46.6 Å². The van der Waals surface area contributed by atoms with Crippen LogP contribution in [0.2, 0.25) is 0 Å². The molecular weight excluding hydrogens is 352 g/mol. The molecule has 2 aromatic heterocycles. The number of aromatic carboxylic acids is 1. The quantitative estimate of drug-likeness (QED) is 0.886. The van der Waals surface area contributed by atoms with Gasteiger partial charge in [-0.25, -0.2) is 9.78 Å². The van der Waals surface area contributed by atoms with Crippen molar-refractivity contribution < 1.29 is 14.7 Å². The van der Waals surface area contributed by atoms with Gasteiger partial charge >= 0.3 is 5.97 Å². The SMILES string of the molecule is Cc1cc(C)n(C(C)(C)C(=O)N2CCC(c3nc(C(=O)O)cs3)CC2)n1. The average molecular weight is 376 g/mol. The van der Waals surface area contributed by atoms with E-state index in [-0.39, 0.29) is 17.5 Å². The molecule has 0 aromatic carbocycles. The Morgan fingerprint density at radius 3 is 2.42 bits per heavy atom. The first-order chi connectivity index (χ1) is 12.2. The number of carboxylic acids is 1. The Morgan fingerprint density at radius 1 is 1.27 bits per heavy atom. The van der Waals surface area contributed by atoms with Crippen LogP contribution in [0.5, 0.6) is 0 Å². The number of hydrogen-bond acceptors (Lipinski definition) is 5. The highest BCUT2D eigenvalue weighted by Crippen LogP contribution is 2.32. The van der Waals surface area contributed by atoms with E-state index in [2.05, 4.69) is 10.1 Å². The fraction of sp³-hybridized carbons (Fsp3) is 0.556. The number of carbonyl (C=O) groups excluding carboxylic acids is 1. The van der Waals surface area contributed by atoms with Crippen molar-refractivity contribution in [3.63, 3.8) is 0 Å². The van der Waals surface area contributed by atoms with Crippen LogP contribution in [-0.4, -0.2) is 49.7 Å². The second kappa shape index (κ2) is 6.83. The maximum atomic E-state index is 13.1. The van der Waals surface area contributed by atoms with Gasteiger partial charge in [-0.15, -0.1) is 11.3 Å². The third kappa shape index (κ3) is 3.38. The molecule has 0 bridgehead atoms. The second-order valence-corrected chi connectivity index (χ2v) is 8.23. The third-order valence-electron chi connectivity index (χ3n) is 4.93. The van der Waals surface area contributed by atoms with E-state index in [9.17, 15) is 9.59 Å². The molecule has 1 aliphatic heterocycles. The van der Waals surface area contributed by atoms with Crippen LogP contribution >= 0.6 is 11.3 Å². The lowest BCUT2D eigenvalue weighted by molar-refractivity contribution is -0.141. The molecule has 1 fully saturated rings. The molecule has 1 N–H and O–H groups in total. The molecule has 0 atom stereocenters. The summed E-state index contributed by atoms with van der Waals surface area (Å²) in [6, 6.07) is 1.98. The van der Waals surface area contributed by atoms with Crippen LogP contribution in [0.25, 0.3) is 0 Å². The fourth-order valence-electron chi connectivity index (χ4n) is 3.58. The molecule has 26 heavy (non-hydrogen) atoms. The summed E-state index contributed by atoms with van der Waals surface area (Å²) in [5.74, 6) is -0.715. The first-order valence-electron chi connectivity index (χ1n) is 8.72. The molecule has 1 saturated heterocycles. The van der Waals surface area contributed by atoms with Crippen LogP contribution in [0.1, 0.15) is 59.5 Å². The van der Waals surface area contributed by atoms with E-state index >= 15 is 0 Å². The zero-order chi connectivity index (χ0) is 19.1. The van der Waals surface area contributed by atoms with Crippen LogP contribution in [0.4, 0.5) is 0 Å². The summed E-state index contributed by atoms with van der Waals surface area (Å²) < 4.78 is 1.80. The van der Waals surface area contributed by atoms with Crippen LogP contribution < -0.4 is 0 Å². The summed E-state index contributed by atoms with van der Waals surface area (Å²) in [7, 11) is 0.